The topological polar surface area (TPSA) is 55.1 Å². The lowest BCUT2D eigenvalue weighted by molar-refractivity contribution is -0.120. The summed E-state index contributed by atoms with van der Waals surface area (Å²) in [6, 6.07) is 10.5. The van der Waals surface area contributed by atoms with Crippen LogP contribution in [0.25, 0.3) is 0 Å². The lowest BCUT2D eigenvalue weighted by atomic mass is 9.95. The number of benzene rings is 1. The number of nitrogens with one attached hydrogen (secondary N) is 1. The Kier molecular flexibility index (Phi) is 2.84. The fraction of sp³-hybridized carbons (Fsp3) is 0.412. The summed E-state index contributed by atoms with van der Waals surface area (Å²) in [5.41, 5.74) is 4.04. The van der Waals surface area contributed by atoms with E-state index in [4.69, 9.17) is 4.52 Å². The molecule has 1 aromatic carbocycles. The van der Waals surface area contributed by atoms with E-state index in [-0.39, 0.29) is 5.91 Å². The third kappa shape index (κ3) is 2.15. The van der Waals surface area contributed by atoms with Gasteiger partial charge in [0.25, 0.3) is 0 Å². The van der Waals surface area contributed by atoms with Crippen molar-refractivity contribution in [2.24, 2.45) is 5.92 Å². The molecule has 0 radical (unpaired) electrons. The van der Waals surface area contributed by atoms with Gasteiger partial charge in [-0.3, -0.25) is 4.79 Å². The fourth-order valence-corrected chi connectivity index (χ4v) is 3.79. The smallest absolute Gasteiger partial charge is 0.226 e. The zero-order valence-electron chi connectivity index (χ0n) is 11.8. The Bertz CT molecular complexity index is 665. The number of amides is 1. The van der Waals surface area contributed by atoms with E-state index in [0.717, 1.165) is 6.54 Å². The molecular weight excluding hydrogens is 264 g/mol. The van der Waals surface area contributed by atoms with Crippen LogP contribution in [0.2, 0.25) is 0 Å². The van der Waals surface area contributed by atoms with E-state index in [1.807, 2.05) is 0 Å². The van der Waals surface area contributed by atoms with Crippen LogP contribution in [0.3, 0.4) is 0 Å². The van der Waals surface area contributed by atoms with Crippen molar-refractivity contribution in [3.8, 4) is 0 Å². The predicted octanol–water partition coefficient (Wildman–Crippen LogP) is 2.24. The maximum absolute atomic E-state index is 11.9. The number of hydrogen-bond acceptors (Lipinski definition) is 3. The molecule has 2 unspecified atom stereocenters. The molecule has 1 aromatic heterocycles. The van der Waals surface area contributed by atoms with Gasteiger partial charge in [-0.05, 0) is 36.3 Å². The van der Waals surface area contributed by atoms with Gasteiger partial charge in [0.2, 0.25) is 5.91 Å². The number of carbonyl (C=O) groups excluding carboxylic acids is 1. The Morgan fingerprint density at radius 3 is 3.14 bits per heavy atom. The van der Waals surface area contributed by atoms with E-state index in [1.165, 1.54) is 36.7 Å². The molecule has 0 aliphatic heterocycles. The van der Waals surface area contributed by atoms with Crippen LogP contribution in [0, 0.1) is 5.92 Å². The number of aryl methyl sites for hydroxylation is 1. The molecule has 0 bridgehead atoms. The highest BCUT2D eigenvalue weighted by Gasteiger charge is 2.57. The van der Waals surface area contributed by atoms with E-state index >= 15 is 0 Å². The highest BCUT2D eigenvalue weighted by Crippen LogP contribution is 2.61. The number of nitrogens with zero attached hydrogens (tertiary/aromatic N) is 1. The summed E-state index contributed by atoms with van der Waals surface area (Å²) >= 11 is 0. The van der Waals surface area contributed by atoms with Crippen LogP contribution >= 0.6 is 0 Å². The summed E-state index contributed by atoms with van der Waals surface area (Å²) in [5.74, 6) is 0.611. The second-order valence-electron chi connectivity index (χ2n) is 6.19. The molecule has 1 amide bonds. The average Bonchev–Trinajstić information content (AvgIpc) is 2.83. The second kappa shape index (κ2) is 4.72. The Morgan fingerprint density at radius 1 is 1.38 bits per heavy atom. The Morgan fingerprint density at radius 2 is 2.29 bits per heavy atom. The number of hydrogen-bond donors (Lipinski definition) is 1. The first kappa shape index (κ1) is 12.6. The first-order chi connectivity index (χ1) is 10.3. The van der Waals surface area contributed by atoms with Crippen molar-refractivity contribution in [1.29, 1.82) is 0 Å². The number of aromatic nitrogens is 1. The van der Waals surface area contributed by atoms with E-state index < -0.39 is 0 Å². The third-order valence-corrected chi connectivity index (χ3v) is 5.00. The molecule has 2 aliphatic carbocycles. The van der Waals surface area contributed by atoms with Gasteiger partial charge < -0.3 is 9.84 Å². The quantitative estimate of drug-likeness (QED) is 0.935. The molecule has 1 saturated carbocycles. The van der Waals surface area contributed by atoms with Crippen LogP contribution in [0.15, 0.2) is 41.1 Å². The summed E-state index contributed by atoms with van der Waals surface area (Å²) in [5, 5.41) is 6.81. The van der Waals surface area contributed by atoms with Crippen LogP contribution in [0.1, 0.15) is 29.7 Å². The van der Waals surface area contributed by atoms with Gasteiger partial charge in [0.1, 0.15) is 6.26 Å². The van der Waals surface area contributed by atoms with Crippen LogP contribution in [-0.2, 0) is 23.1 Å². The van der Waals surface area contributed by atoms with Gasteiger partial charge in [-0.2, -0.15) is 0 Å². The maximum Gasteiger partial charge on any atom is 0.226 e. The van der Waals surface area contributed by atoms with Gasteiger partial charge in [0.15, 0.2) is 0 Å². The zero-order chi connectivity index (χ0) is 14.3. The van der Waals surface area contributed by atoms with Crippen LogP contribution < -0.4 is 5.32 Å². The van der Waals surface area contributed by atoms with Gasteiger partial charge in [-0.15, -0.1) is 0 Å². The summed E-state index contributed by atoms with van der Waals surface area (Å²) in [7, 11) is 0. The summed E-state index contributed by atoms with van der Waals surface area (Å²) in [6.07, 6.45) is 5.41. The molecule has 1 fully saturated rings. The molecule has 2 aliphatic rings. The zero-order valence-corrected chi connectivity index (χ0v) is 11.8. The first-order valence-corrected chi connectivity index (χ1v) is 7.52. The van der Waals surface area contributed by atoms with Crippen molar-refractivity contribution < 1.29 is 9.32 Å². The largest absolute Gasteiger partial charge is 0.364 e. The average molecular weight is 282 g/mol. The molecular formula is C17H18N2O2. The van der Waals surface area contributed by atoms with E-state index in [9.17, 15) is 4.79 Å². The van der Waals surface area contributed by atoms with Crippen molar-refractivity contribution in [1.82, 2.24) is 10.5 Å². The van der Waals surface area contributed by atoms with Crippen molar-refractivity contribution >= 4 is 5.91 Å². The second-order valence-corrected chi connectivity index (χ2v) is 6.19. The van der Waals surface area contributed by atoms with Crippen molar-refractivity contribution in [3.05, 3.63) is 53.4 Å². The number of rotatable bonds is 4. The van der Waals surface area contributed by atoms with Gasteiger partial charge in [-0.25, -0.2) is 0 Å². The molecule has 0 saturated heterocycles. The molecule has 1 spiro atoms. The fourth-order valence-electron chi connectivity index (χ4n) is 3.79. The minimum absolute atomic E-state index is 0.0252. The molecule has 4 nitrogen and oxygen atoms in total. The van der Waals surface area contributed by atoms with Gasteiger partial charge in [0, 0.05) is 18.0 Å². The highest BCUT2D eigenvalue weighted by molar-refractivity contribution is 5.78. The lowest BCUT2D eigenvalue weighted by Gasteiger charge is -2.12. The summed E-state index contributed by atoms with van der Waals surface area (Å²) in [4.78, 5) is 11.9. The van der Waals surface area contributed by atoms with Crippen LogP contribution in [0.4, 0.5) is 0 Å². The lowest BCUT2D eigenvalue weighted by Crippen LogP contribution is -2.29. The SMILES string of the molecule is O=C(Cc1ccon1)NCC1CC12CCc1ccccc12. The van der Waals surface area contributed by atoms with Crippen molar-refractivity contribution in [2.45, 2.75) is 31.1 Å². The molecule has 21 heavy (non-hydrogen) atoms. The van der Waals surface area contributed by atoms with Crippen molar-refractivity contribution in [3.63, 3.8) is 0 Å². The molecule has 108 valence electrons. The van der Waals surface area contributed by atoms with Gasteiger partial charge in [-0.1, -0.05) is 29.4 Å². The minimum Gasteiger partial charge on any atom is -0.364 e. The summed E-state index contributed by atoms with van der Waals surface area (Å²) in [6.45, 7) is 0.769. The molecule has 4 rings (SSSR count). The summed E-state index contributed by atoms with van der Waals surface area (Å²) < 4.78 is 4.74. The Hall–Kier alpha value is -2.10. The van der Waals surface area contributed by atoms with Gasteiger partial charge >= 0.3 is 0 Å². The standard InChI is InChI=1S/C17H18N2O2/c20-16(9-14-6-8-21-19-14)18-11-13-10-17(13)7-5-12-3-1-2-4-15(12)17/h1-4,6,8,13H,5,7,9-11H2,(H,18,20). The number of fused-ring (bicyclic) bond motifs is 2. The molecule has 1 heterocycles. The monoisotopic (exact) mass is 282 g/mol. The predicted molar refractivity (Wildman–Crippen MR) is 77.8 cm³/mol. The Labute approximate surface area is 123 Å². The molecule has 2 aromatic rings. The van der Waals surface area contributed by atoms with Gasteiger partial charge in [0.05, 0.1) is 12.1 Å². The third-order valence-electron chi connectivity index (χ3n) is 5.00. The van der Waals surface area contributed by atoms with Crippen molar-refractivity contribution in [2.75, 3.05) is 6.54 Å². The number of carbonyl (C=O) groups is 1. The highest BCUT2D eigenvalue weighted by atomic mass is 16.5. The molecule has 4 heteroatoms. The van der Waals surface area contributed by atoms with E-state index in [2.05, 4.69) is 34.7 Å². The maximum atomic E-state index is 11.9. The Balaban J connectivity index is 1.35. The molecule has 2 atom stereocenters. The van der Waals surface area contributed by atoms with Crippen LogP contribution in [-0.4, -0.2) is 17.6 Å². The normalized spacial score (nSPS) is 25.8. The van der Waals surface area contributed by atoms with E-state index in [1.54, 1.807) is 6.07 Å². The minimum atomic E-state index is 0.0252. The van der Waals surface area contributed by atoms with E-state index in [0.29, 0.717) is 23.4 Å². The van der Waals surface area contributed by atoms with Crippen LogP contribution in [0.5, 0.6) is 0 Å². The first-order valence-electron chi connectivity index (χ1n) is 7.52. The molecule has 1 N–H and O–H groups in total.